The summed E-state index contributed by atoms with van der Waals surface area (Å²) in [6.07, 6.45) is -3.01. The topological polar surface area (TPSA) is 55.8 Å². The van der Waals surface area contributed by atoms with Crippen LogP contribution in [0.5, 0.6) is 11.5 Å². The molecule has 1 heterocycles. The highest BCUT2D eigenvalue weighted by Crippen LogP contribution is 2.39. The highest BCUT2D eigenvalue weighted by atomic mass is 32.2. The first-order valence-corrected chi connectivity index (χ1v) is 11.3. The van der Waals surface area contributed by atoms with Gasteiger partial charge in [0.05, 0.1) is 28.8 Å². The molecular weight excluding hydrogens is 499 g/mol. The van der Waals surface area contributed by atoms with Gasteiger partial charge in [0.1, 0.15) is 0 Å². The fraction of sp³-hybridized carbons (Fsp3) is 0.0800. The Hall–Kier alpha value is -3.63. The first-order valence-electron chi connectivity index (χ1n) is 10.1. The third-order valence-electron chi connectivity index (χ3n) is 4.92. The highest BCUT2D eigenvalue weighted by molar-refractivity contribution is 8.27. The van der Waals surface area contributed by atoms with Crippen LogP contribution in [0.25, 0.3) is 6.08 Å². The maximum absolute atomic E-state index is 13.1. The van der Waals surface area contributed by atoms with Crippen molar-refractivity contribution in [1.82, 2.24) is 0 Å². The molecule has 0 aromatic heterocycles. The predicted molar refractivity (Wildman–Crippen MR) is 131 cm³/mol. The van der Waals surface area contributed by atoms with Gasteiger partial charge in [-0.05, 0) is 54.1 Å². The van der Waals surface area contributed by atoms with Crippen LogP contribution in [0, 0.1) is 0 Å². The smallest absolute Gasteiger partial charge is 0.416 e. The number of amides is 1. The monoisotopic (exact) mass is 515 g/mol. The average Bonchev–Trinajstić information content (AvgIpc) is 3.12. The molecule has 0 unspecified atom stereocenters. The third-order valence-corrected chi connectivity index (χ3v) is 6.23. The lowest BCUT2D eigenvalue weighted by Gasteiger charge is -2.16. The van der Waals surface area contributed by atoms with Crippen LogP contribution >= 0.6 is 24.0 Å². The van der Waals surface area contributed by atoms with E-state index in [0.717, 1.165) is 28.8 Å². The number of alkyl halides is 3. The molecule has 3 aromatic carbocycles. The number of hydrogen-bond acceptors (Lipinski definition) is 6. The number of nitrogens with zero attached hydrogens (tertiary/aromatic N) is 1. The summed E-state index contributed by atoms with van der Waals surface area (Å²) in [7, 11) is 1.41. The molecule has 0 aliphatic carbocycles. The van der Waals surface area contributed by atoms with Crippen LogP contribution in [0.15, 0.2) is 77.7 Å². The zero-order valence-electron chi connectivity index (χ0n) is 18.0. The lowest BCUT2D eigenvalue weighted by Crippen LogP contribution is -2.27. The van der Waals surface area contributed by atoms with Crippen molar-refractivity contribution >= 4 is 51.9 Å². The number of halogens is 3. The van der Waals surface area contributed by atoms with E-state index in [1.54, 1.807) is 42.5 Å². The molecule has 0 spiro atoms. The van der Waals surface area contributed by atoms with Gasteiger partial charge < -0.3 is 9.47 Å². The molecule has 4 rings (SSSR count). The van der Waals surface area contributed by atoms with Crippen LogP contribution in [-0.4, -0.2) is 23.3 Å². The van der Waals surface area contributed by atoms with Crippen LogP contribution in [-0.2, 0) is 11.0 Å². The number of carbonyl (C=O) groups is 2. The van der Waals surface area contributed by atoms with E-state index in [2.05, 4.69) is 0 Å². The van der Waals surface area contributed by atoms with Gasteiger partial charge in [-0.25, -0.2) is 4.79 Å². The number of thiocarbonyl (C=S) groups is 1. The fourth-order valence-corrected chi connectivity index (χ4v) is 4.55. The second-order valence-electron chi connectivity index (χ2n) is 7.23. The van der Waals surface area contributed by atoms with Crippen molar-refractivity contribution in [3.8, 4) is 11.5 Å². The third kappa shape index (κ3) is 5.39. The van der Waals surface area contributed by atoms with E-state index in [-0.39, 0.29) is 26.4 Å². The maximum Gasteiger partial charge on any atom is 0.416 e. The van der Waals surface area contributed by atoms with E-state index in [4.69, 9.17) is 21.7 Å². The molecule has 35 heavy (non-hydrogen) atoms. The van der Waals surface area contributed by atoms with E-state index in [0.29, 0.717) is 11.1 Å². The van der Waals surface area contributed by atoms with Crippen LogP contribution in [0.1, 0.15) is 21.5 Å². The first kappa shape index (κ1) is 24.5. The van der Waals surface area contributed by atoms with Crippen LogP contribution in [0.3, 0.4) is 0 Å². The summed E-state index contributed by atoms with van der Waals surface area (Å²) in [5, 5.41) is 0. The van der Waals surface area contributed by atoms with Crippen molar-refractivity contribution in [3.05, 3.63) is 94.4 Å². The molecule has 0 radical (unpaired) electrons. The molecule has 0 saturated carbocycles. The first-order chi connectivity index (χ1) is 16.7. The Bertz CT molecular complexity index is 1340. The van der Waals surface area contributed by atoms with E-state index in [1.807, 2.05) is 0 Å². The number of methoxy groups -OCH3 is 1. The molecule has 1 saturated heterocycles. The zero-order valence-corrected chi connectivity index (χ0v) is 19.7. The summed E-state index contributed by atoms with van der Waals surface area (Å²) in [6.45, 7) is 0. The van der Waals surface area contributed by atoms with Gasteiger partial charge in [-0.1, -0.05) is 54.3 Å². The molecule has 1 fully saturated rings. The molecule has 1 aliphatic rings. The standard InChI is InChI=1S/C25H16F3NO4S2/c1-32-20-12-15(10-11-19(20)33-23(31)16-6-3-2-4-7-16)13-21-22(30)29(24(34)35-21)18-9-5-8-17(14-18)25(26,27)28/h2-14H,1H3/b21-13+. The maximum atomic E-state index is 13.1. The minimum absolute atomic E-state index is 0.0338. The Labute approximate surface area is 208 Å². The predicted octanol–water partition coefficient (Wildman–Crippen LogP) is 6.34. The highest BCUT2D eigenvalue weighted by Gasteiger charge is 2.36. The number of esters is 1. The number of ether oxygens (including phenoxy) is 2. The van der Waals surface area contributed by atoms with Gasteiger partial charge in [0.2, 0.25) is 0 Å². The molecule has 0 bridgehead atoms. The van der Waals surface area contributed by atoms with Gasteiger partial charge in [0.15, 0.2) is 15.8 Å². The summed E-state index contributed by atoms with van der Waals surface area (Å²) >= 11 is 6.23. The Balaban J connectivity index is 1.57. The Morgan fingerprint density at radius 3 is 2.43 bits per heavy atom. The molecule has 178 valence electrons. The van der Waals surface area contributed by atoms with E-state index < -0.39 is 23.6 Å². The summed E-state index contributed by atoms with van der Waals surface area (Å²) < 4.78 is 50.2. The number of hydrogen-bond donors (Lipinski definition) is 0. The second kappa shape index (κ2) is 9.93. The molecule has 1 amide bonds. The molecule has 1 aliphatic heterocycles. The number of anilines is 1. The lowest BCUT2D eigenvalue weighted by molar-refractivity contribution is -0.137. The van der Waals surface area contributed by atoms with Crippen LogP contribution in [0.2, 0.25) is 0 Å². The van der Waals surface area contributed by atoms with Gasteiger partial charge in [-0.15, -0.1) is 0 Å². The largest absolute Gasteiger partial charge is 0.493 e. The fourth-order valence-electron chi connectivity index (χ4n) is 3.25. The SMILES string of the molecule is COc1cc(/C=C2/SC(=S)N(c3cccc(C(F)(F)F)c3)C2=O)ccc1OC(=O)c1ccccc1. The lowest BCUT2D eigenvalue weighted by atomic mass is 10.1. The van der Waals surface area contributed by atoms with Crippen molar-refractivity contribution in [1.29, 1.82) is 0 Å². The van der Waals surface area contributed by atoms with Gasteiger partial charge in [0.25, 0.3) is 5.91 Å². The van der Waals surface area contributed by atoms with Crippen molar-refractivity contribution in [2.45, 2.75) is 6.18 Å². The van der Waals surface area contributed by atoms with Gasteiger partial charge in [0, 0.05) is 0 Å². The number of benzene rings is 3. The number of rotatable bonds is 5. The Morgan fingerprint density at radius 1 is 1.00 bits per heavy atom. The molecule has 5 nitrogen and oxygen atoms in total. The summed E-state index contributed by atoms with van der Waals surface area (Å²) in [5.74, 6) is -0.650. The summed E-state index contributed by atoms with van der Waals surface area (Å²) in [6, 6.07) is 17.6. The van der Waals surface area contributed by atoms with E-state index in [1.165, 1.54) is 31.4 Å². The van der Waals surface area contributed by atoms with Crippen molar-refractivity contribution in [2.75, 3.05) is 12.0 Å². The van der Waals surface area contributed by atoms with Gasteiger partial charge >= 0.3 is 12.1 Å². The van der Waals surface area contributed by atoms with Crippen LogP contribution < -0.4 is 14.4 Å². The average molecular weight is 516 g/mol. The van der Waals surface area contributed by atoms with E-state index >= 15 is 0 Å². The minimum atomic E-state index is -4.55. The Kier molecular flexibility index (Phi) is 6.95. The van der Waals surface area contributed by atoms with Crippen LogP contribution in [0.4, 0.5) is 18.9 Å². The molecule has 0 atom stereocenters. The van der Waals surface area contributed by atoms with E-state index in [9.17, 15) is 22.8 Å². The molecule has 3 aromatic rings. The summed E-state index contributed by atoms with van der Waals surface area (Å²) in [5.41, 5.74) is 0.0766. The van der Waals surface area contributed by atoms with Gasteiger partial charge in [-0.3, -0.25) is 9.69 Å². The zero-order chi connectivity index (χ0) is 25.2. The normalized spacial score (nSPS) is 15.0. The molecule has 10 heteroatoms. The number of thioether (sulfide) groups is 1. The van der Waals surface area contributed by atoms with Crippen molar-refractivity contribution < 1.29 is 32.2 Å². The van der Waals surface area contributed by atoms with Crippen molar-refractivity contribution in [2.24, 2.45) is 0 Å². The number of carbonyl (C=O) groups excluding carboxylic acids is 2. The summed E-state index contributed by atoms with van der Waals surface area (Å²) in [4.78, 5) is 26.6. The molecule has 0 N–H and O–H groups in total. The molecular formula is C25H16F3NO4S2. The minimum Gasteiger partial charge on any atom is -0.493 e. The quantitative estimate of drug-likeness (QED) is 0.171. The van der Waals surface area contributed by atoms with Gasteiger partial charge in [-0.2, -0.15) is 13.2 Å². The Morgan fingerprint density at radius 2 is 1.74 bits per heavy atom. The second-order valence-corrected chi connectivity index (χ2v) is 8.91. The van der Waals surface area contributed by atoms with Crippen molar-refractivity contribution in [3.63, 3.8) is 0 Å².